The summed E-state index contributed by atoms with van der Waals surface area (Å²) in [6.07, 6.45) is 2.28. The monoisotopic (exact) mass is 447 g/mol. The van der Waals surface area contributed by atoms with E-state index in [1.54, 1.807) is 6.07 Å². The largest absolute Gasteiger partial charge is 0.370 e. The fourth-order valence-electron chi connectivity index (χ4n) is 3.24. The molecule has 1 aliphatic rings. The van der Waals surface area contributed by atoms with Crippen LogP contribution in [0.1, 0.15) is 12.0 Å². The van der Waals surface area contributed by atoms with Crippen molar-refractivity contribution < 1.29 is 17.6 Å². The minimum atomic E-state index is -3.77. The van der Waals surface area contributed by atoms with Gasteiger partial charge < -0.3 is 10.2 Å². The summed E-state index contributed by atoms with van der Waals surface area (Å²) < 4.78 is 44.0. The van der Waals surface area contributed by atoms with Crippen LogP contribution in [0, 0.1) is 5.82 Å². The number of fused-ring (bicyclic) bond motifs is 1. The second-order valence-corrected chi connectivity index (χ2v) is 9.15. The number of carbonyl (C=O) groups excluding carboxylic acids is 1. The summed E-state index contributed by atoms with van der Waals surface area (Å²) in [7, 11) is -3.77. The Morgan fingerprint density at radius 2 is 2.00 bits per heavy atom. The van der Waals surface area contributed by atoms with E-state index in [9.17, 15) is 17.6 Å². The van der Waals surface area contributed by atoms with Gasteiger partial charge in [0.25, 0.3) is 10.0 Å². The molecule has 3 aromatic rings. The van der Waals surface area contributed by atoms with Crippen molar-refractivity contribution in [1.82, 2.24) is 9.36 Å². The molecule has 0 bridgehead atoms. The van der Waals surface area contributed by atoms with Gasteiger partial charge in [-0.2, -0.15) is 4.37 Å². The van der Waals surface area contributed by atoms with Crippen molar-refractivity contribution in [1.29, 1.82) is 0 Å². The van der Waals surface area contributed by atoms with Gasteiger partial charge in [0.15, 0.2) is 0 Å². The number of benzene rings is 2. The standard InChI is InChI=1S/C19H18FN5O3S2/c20-14-1-6-17-13(11-14)7-9-25(17)10-8-18(26)23-15-2-4-16(5-3-15)30(27,28)24-19-21-12-22-29-19/h1-6,11-12H,7-10H2,(H,23,26)(H,21,22,24). The Morgan fingerprint density at radius 1 is 1.20 bits per heavy atom. The van der Waals surface area contributed by atoms with E-state index in [0.717, 1.165) is 35.7 Å². The average molecular weight is 448 g/mol. The molecule has 0 aliphatic carbocycles. The van der Waals surface area contributed by atoms with Crippen LogP contribution < -0.4 is 14.9 Å². The minimum absolute atomic E-state index is 0.0524. The molecule has 0 saturated carbocycles. The Hall–Kier alpha value is -3.05. The van der Waals surface area contributed by atoms with Crippen molar-refractivity contribution >= 4 is 44.0 Å². The fraction of sp³-hybridized carbons (Fsp3) is 0.211. The number of amides is 1. The number of sulfonamides is 1. The molecular formula is C19H18FN5O3S2. The number of halogens is 1. The molecule has 0 radical (unpaired) electrons. The van der Waals surface area contributed by atoms with Crippen molar-refractivity contribution in [3.63, 3.8) is 0 Å². The van der Waals surface area contributed by atoms with Crippen molar-refractivity contribution in [2.45, 2.75) is 17.7 Å². The van der Waals surface area contributed by atoms with Gasteiger partial charge in [-0.25, -0.2) is 17.8 Å². The van der Waals surface area contributed by atoms with E-state index < -0.39 is 10.0 Å². The zero-order valence-electron chi connectivity index (χ0n) is 15.7. The minimum Gasteiger partial charge on any atom is -0.370 e. The van der Waals surface area contributed by atoms with E-state index in [1.165, 1.54) is 42.7 Å². The predicted molar refractivity (Wildman–Crippen MR) is 113 cm³/mol. The van der Waals surface area contributed by atoms with Gasteiger partial charge in [0.05, 0.1) is 4.90 Å². The summed E-state index contributed by atoms with van der Waals surface area (Å²) in [5, 5.41) is 2.94. The Bertz CT molecular complexity index is 1150. The zero-order valence-corrected chi connectivity index (χ0v) is 17.3. The average Bonchev–Trinajstić information content (AvgIpc) is 3.36. The zero-order chi connectivity index (χ0) is 21.1. The second-order valence-electron chi connectivity index (χ2n) is 6.68. The highest BCUT2D eigenvalue weighted by atomic mass is 32.2. The van der Waals surface area contributed by atoms with Crippen LogP contribution in [0.15, 0.2) is 53.7 Å². The molecular weight excluding hydrogens is 429 g/mol. The molecule has 4 rings (SSSR count). The van der Waals surface area contributed by atoms with Crippen molar-refractivity contribution in [3.05, 3.63) is 60.2 Å². The molecule has 0 atom stereocenters. The third-order valence-corrected chi connectivity index (χ3v) is 6.74. The molecule has 0 fully saturated rings. The van der Waals surface area contributed by atoms with Gasteiger partial charge >= 0.3 is 0 Å². The molecule has 8 nitrogen and oxygen atoms in total. The van der Waals surface area contributed by atoms with E-state index >= 15 is 0 Å². The summed E-state index contributed by atoms with van der Waals surface area (Å²) in [6, 6.07) is 10.6. The van der Waals surface area contributed by atoms with E-state index in [4.69, 9.17) is 0 Å². The second kappa shape index (κ2) is 8.36. The highest BCUT2D eigenvalue weighted by molar-refractivity contribution is 7.93. The van der Waals surface area contributed by atoms with Gasteiger partial charge in [-0.05, 0) is 54.4 Å². The molecule has 1 aliphatic heterocycles. The number of hydrogen-bond acceptors (Lipinski definition) is 7. The lowest BCUT2D eigenvalue weighted by molar-refractivity contribution is -0.116. The van der Waals surface area contributed by atoms with Gasteiger partial charge in [-0.1, -0.05) is 0 Å². The van der Waals surface area contributed by atoms with Crippen molar-refractivity contribution in [2.75, 3.05) is 28.0 Å². The molecule has 2 aromatic carbocycles. The maximum absolute atomic E-state index is 13.3. The first-order valence-electron chi connectivity index (χ1n) is 9.13. The van der Waals surface area contributed by atoms with Gasteiger partial charge in [-0.15, -0.1) is 0 Å². The van der Waals surface area contributed by atoms with Crippen LogP contribution in [0.4, 0.5) is 20.9 Å². The van der Waals surface area contributed by atoms with E-state index in [-0.39, 0.29) is 28.2 Å². The number of nitrogens with zero attached hydrogens (tertiary/aromatic N) is 3. The van der Waals surface area contributed by atoms with E-state index in [2.05, 4.69) is 24.3 Å². The van der Waals surface area contributed by atoms with Gasteiger partial charge in [0.1, 0.15) is 12.1 Å². The fourth-order valence-corrected chi connectivity index (χ4v) is 4.90. The summed E-state index contributed by atoms with van der Waals surface area (Å²) in [6.45, 7) is 1.27. The first kappa shape index (κ1) is 20.2. The lowest BCUT2D eigenvalue weighted by atomic mass is 10.1. The Labute approximate surface area is 177 Å². The molecule has 0 saturated heterocycles. The van der Waals surface area contributed by atoms with Crippen LogP contribution >= 0.6 is 11.5 Å². The Balaban J connectivity index is 1.32. The van der Waals surface area contributed by atoms with Crippen LogP contribution in [0.5, 0.6) is 0 Å². The molecule has 2 heterocycles. The SMILES string of the molecule is O=C(CCN1CCc2cc(F)ccc21)Nc1ccc(S(=O)(=O)Nc2ncns2)cc1. The summed E-state index contributed by atoms with van der Waals surface area (Å²) in [5.41, 5.74) is 2.41. The molecule has 0 unspecified atom stereocenters. The predicted octanol–water partition coefficient (Wildman–Crippen LogP) is 2.87. The van der Waals surface area contributed by atoms with E-state index in [0.29, 0.717) is 12.2 Å². The van der Waals surface area contributed by atoms with Gasteiger partial charge in [-0.3, -0.25) is 9.52 Å². The first-order valence-corrected chi connectivity index (χ1v) is 11.4. The lowest BCUT2D eigenvalue weighted by Gasteiger charge is -2.19. The summed E-state index contributed by atoms with van der Waals surface area (Å²) >= 11 is 0.937. The molecule has 1 amide bonds. The third-order valence-electron chi connectivity index (χ3n) is 4.67. The van der Waals surface area contributed by atoms with Crippen LogP contribution in [0.2, 0.25) is 0 Å². The van der Waals surface area contributed by atoms with Gasteiger partial charge in [0.2, 0.25) is 11.0 Å². The number of carbonyl (C=O) groups is 1. The smallest absolute Gasteiger partial charge is 0.263 e. The first-order chi connectivity index (χ1) is 14.4. The quantitative estimate of drug-likeness (QED) is 0.577. The normalized spacial score (nSPS) is 13.2. The summed E-state index contributed by atoms with van der Waals surface area (Å²) in [4.78, 5) is 18.2. The number of anilines is 3. The Kier molecular flexibility index (Phi) is 5.64. The molecule has 1 aromatic heterocycles. The van der Waals surface area contributed by atoms with Crippen molar-refractivity contribution in [2.24, 2.45) is 0 Å². The highest BCUT2D eigenvalue weighted by Gasteiger charge is 2.20. The van der Waals surface area contributed by atoms with Gasteiger partial charge in [0, 0.05) is 42.4 Å². The number of rotatable bonds is 7. The maximum atomic E-state index is 13.3. The molecule has 30 heavy (non-hydrogen) atoms. The molecule has 0 spiro atoms. The number of nitrogens with one attached hydrogen (secondary N) is 2. The maximum Gasteiger partial charge on any atom is 0.263 e. The number of hydrogen-bond donors (Lipinski definition) is 2. The van der Waals surface area contributed by atoms with Crippen LogP contribution in [0.25, 0.3) is 0 Å². The molecule has 156 valence electrons. The molecule has 11 heteroatoms. The molecule has 2 N–H and O–H groups in total. The third kappa shape index (κ3) is 4.57. The highest BCUT2D eigenvalue weighted by Crippen LogP contribution is 2.28. The van der Waals surface area contributed by atoms with Crippen LogP contribution in [-0.2, 0) is 21.2 Å². The Morgan fingerprint density at radius 3 is 2.73 bits per heavy atom. The van der Waals surface area contributed by atoms with Crippen LogP contribution in [-0.4, -0.2) is 36.8 Å². The lowest BCUT2D eigenvalue weighted by Crippen LogP contribution is -2.26. The summed E-state index contributed by atoms with van der Waals surface area (Å²) in [5.74, 6) is -0.439. The topological polar surface area (TPSA) is 104 Å². The van der Waals surface area contributed by atoms with Crippen LogP contribution in [0.3, 0.4) is 0 Å². The van der Waals surface area contributed by atoms with E-state index in [1.807, 2.05) is 0 Å². The number of aromatic nitrogens is 2. The van der Waals surface area contributed by atoms with Crippen molar-refractivity contribution in [3.8, 4) is 0 Å².